The Balaban J connectivity index is 1.98. The van der Waals surface area contributed by atoms with Crippen LogP contribution >= 0.6 is 11.8 Å². The lowest BCUT2D eigenvalue weighted by molar-refractivity contribution is 0.0827. The number of H-pyrrole nitrogens is 1. The first-order valence-corrected chi connectivity index (χ1v) is 9.54. The summed E-state index contributed by atoms with van der Waals surface area (Å²) >= 11 is 1.96. The van der Waals surface area contributed by atoms with Crippen molar-refractivity contribution in [3.63, 3.8) is 0 Å². The highest BCUT2D eigenvalue weighted by molar-refractivity contribution is 7.99. The van der Waals surface area contributed by atoms with Crippen LogP contribution in [0.2, 0.25) is 0 Å². The molecule has 0 bridgehead atoms. The van der Waals surface area contributed by atoms with E-state index in [1.165, 1.54) is 0 Å². The number of carbonyl (C=O) groups is 1. The van der Waals surface area contributed by atoms with Crippen molar-refractivity contribution in [2.75, 3.05) is 25.6 Å². The Kier molecular flexibility index (Phi) is 4.03. The number of benzene rings is 1. The number of aromatic amines is 1. The molecule has 130 valence electrons. The molecule has 4 rings (SSSR count). The first kappa shape index (κ1) is 16.2. The van der Waals surface area contributed by atoms with E-state index in [0.29, 0.717) is 17.0 Å². The van der Waals surface area contributed by atoms with Gasteiger partial charge in [-0.2, -0.15) is 11.8 Å². The molecule has 1 aromatic carbocycles. The topological polar surface area (TPSA) is 70.5 Å². The predicted molar refractivity (Wildman–Crippen MR) is 101 cm³/mol. The van der Waals surface area contributed by atoms with Crippen molar-refractivity contribution in [3.05, 3.63) is 46.1 Å². The van der Waals surface area contributed by atoms with Gasteiger partial charge in [0.25, 0.3) is 11.5 Å². The summed E-state index contributed by atoms with van der Waals surface area (Å²) in [6.07, 6.45) is 3.78. The van der Waals surface area contributed by atoms with Crippen LogP contribution in [0, 0.1) is 0 Å². The summed E-state index contributed by atoms with van der Waals surface area (Å²) in [5, 5.41) is 0. The third kappa shape index (κ3) is 2.72. The number of carbonyl (C=O) groups excluding carboxylic acids is 1. The highest BCUT2D eigenvalue weighted by Gasteiger charge is 2.22. The van der Waals surface area contributed by atoms with Gasteiger partial charge in [0.1, 0.15) is 11.3 Å². The summed E-state index contributed by atoms with van der Waals surface area (Å²) < 4.78 is 1.95. The van der Waals surface area contributed by atoms with Gasteiger partial charge in [-0.05, 0) is 42.5 Å². The molecule has 1 fully saturated rings. The molecule has 25 heavy (non-hydrogen) atoms. The Bertz CT molecular complexity index is 1020. The molecule has 1 aliphatic heterocycles. The predicted octanol–water partition coefficient (Wildman–Crippen LogP) is 2.49. The minimum Gasteiger partial charge on any atom is -0.345 e. The summed E-state index contributed by atoms with van der Waals surface area (Å²) in [5.41, 5.74) is 2.54. The van der Waals surface area contributed by atoms with Crippen LogP contribution in [0.4, 0.5) is 0 Å². The molecule has 0 radical (unpaired) electrons. The van der Waals surface area contributed by atoms with Crippen LogP contribution in [0.25, 0.3) is 16.6 Å². The molecule has 1 N–H and O–H groups in total. The number of amides is 1. The molecule has 6 nitrogen and oxygen atoms in total. The lowest BCUT2D eigenvalue weighted by Crippen LogP contribution is -2.22. The quantitative estimate of drug-likeness (QED) is 0.766. The van der Waals surface area contributed by atoms with Gasteiger partial charge in [0.15, 0.2) is 0 Å². The summed E-state index contributed by atoms with van der Waals surface area (Å²) in [7, 11) is 3.47. The Morgan fingerprint density at radius 1 is 1.28 bits per heavy atom. The van der Waals surface area contributed by atoms with Gasteiger partial charge >= 0.3 is 0 Å². The maximum Gasteiger partial charge on any atom is 0.274 e. The van der Waals surface area contributed by atoms with Gasteiger partial charge in [-0.15, -0.1) is 0 Å². The molecule has 0 spiro atoms. The van der Waals surface area contributed by atoms with Crippen LogP contribution < -0.4 is 5.56 Å². The van der Waals surface area contributed by atoms with Crippen molar-refractivity contribution in [1.29, 1.82) is 0 Å². The molecule has 3 aromatic rings. The average molecular weight is 356 g/mol. The standard InChI is InChI=1S/C18H20N4O2S/c1-21(2)18(24)12-3-4-13-14(9-12)22-15(17(23)20-13)10-19-16(22)11-5-7-25-8-6-11/h3-4,9-11H,5-8H2,1-2H3,(H,20,23). The summed E-state index contributed by atoms with van der Waals surface area (Å²) in [6.45, 7) is 0. The van der Waals surface area contributed by atoms with E-state index in [1.54, 1.807) is 37.3 Å². The number of rotatable bonds is 2. The van der Waals surface area contributed by atoms with E-state index in [9.17, 15) is 9.59 Å². The van der Waals surface area contributed by atoms with Crippen LogP contribution in [0.5, 0.6) is 0 Å². The Morgan fingerprint density at radius 2 is 2.04 bits per heavy atom. The third-order valence-electron chi connectivity index (χ3n) is 4.75. The van der Waals surface area contributed by atoms with Crippen LogP contribution in [0.1, 0.15) is 34.9 Å². The van der Waals surface area contributed by atoms with Crippen molar-refractivity contribution in [1.82, 2.24) is 19.3 Å². The van der Waals surface area contributed by atoms with Gasteiger partial charge in [0.2, 0.25) is 0 Å². The molecule has 1 saturated heterocycles. The summed E-state index contributed by atoms with van der Waals surface area (Å²) in [4.78, 5) is 33.8. The van der Waals surface area contributed by atoms with Crippen LogP contribution in [0.3, 0.4) is 0 Å². The first-order chi connectivity index (χ1) is 12.1. The fourth-order valence-corrected chi connectivity index (χ4v) is 4.53. The Morgan fingerprint density at radius 3 is 2.76 bits per heavy atom. The van der Waals surface area contributed by atoms with Crippen LogP contribution in [0.15, 0.2) is 29.2 Å². The van der Waals surface area contributed by atoms with E-state index in [4.69, 9.17) is 0 Å². The Hall–Kier alpha value is -2.28. The van der Waals surface area contributed by atoms with E-state index in [0.717, 1.165) is 41.2 Å². The van der Waals surface area contributed by atoms with Gasteiger partial charge in [-0.3, -0.25) is 14.0 Å². The minimum atomic E-state index is -0.150. The maximum atomic E-state index is 12.4. The van der Waals surface area contributed by atoms with Crippen molar-refractivity contribution >= 4 is 34.2 Å². The first-order valence-electron chi connectivity index (χ1n) is 8.39. The Labute approximate surface area is 149 Å². The van der Waals surface area contributed by atoms with Crippen molar-refractivity contribution in [3.8, 4) is 0 Å². The lowest BCUT2D eigenvalue weighted by atomic mass is 10.0. The van der Waals surface area contributed by atoms with Gasteiger partial charge in [0, 0.05) is 25.6 Å². The number of aromatic nitrogens is 3. The highest BCUT2D eigenvalue weighted by Crippen LogP contribution is 2.32. The second-order valence-corrected chi connectivity index (χ2v) is 7.83. The average Bonchev–Trinajstić information content (AvgIpc) is 3.07. The molecule has 0 atom stereocenters. The molecule has 3 heterocycles. The molecule has 0 unspecified atom stereocenters. The third-order valence-corrected chi connectivity index (χ3v) is 5.80. The molecule has 0 aliphatic carbocycles. The zero-order valence-electron chi connectivity index (χ0n) is 14.3. The second-order valence-electron chi connectivity index (χ2n) is 6.61. The number of nitrogens with zero attached hydrogens (tertiary/aromatic N) is 3. The fraction of sp³-hybridized carbons (Fsp3) is 0.389. The number of hydrogen-bond acceptors (Lipinski definition) is 4. The SMILES string of the molecule is CN(C)C(=O)c1ccc2[nH]c(=O)c3cnc(C4CCSCC4)n3c2c1. The number of imidazole rings is 1. The van der Waals surface area contributed by atoms with E-state index >= 15 is 0 Å². The van der Waals surface area contributed by atoms with Gasteiger partial charge in [-0.25, -0.2) is 4.98 Å². The van der Waals surface area contributed by atoms with E-state index in [1.807, 2.05) is 22.2 Å². The molecular formula is C18H20N4O2S. The monoisotopic (exact) mass is 356 g/mol. The van der Waals surface area contributed by atoms with E-state index in [2.05, 4.69) is 9.97 Å². The molecule has 1 aliphatic rings. The maximum absolute atomic E-state index is 12.4. The summed E-state index contributed by atoms with van der Waals surface area (Å²) in [6, 6.07) is 5.40. The van der Waals surface area contributed by atoms with E-state index < -0.39 is 0 Å². The van der Waals surface area contributed by atoms with Gasteiger partial charge in [-0.1, -0.05) is 0 Å². The normalized spacial score (nSPS) is 15.8. The number of thioether (sulfide) groups is 1. The molecule has 2 aromatic heterocycles. The number of fused-ring (bicyclic) bond motifs is 3. The van der Waals surface area contributed by atoms with Gasteiger partial charge in [0.05, 0.1) is 17.2 Å². The van der Waals surface area contributed by atoms with Crippen molar-refractivity contribution in [2.24, 2.45) is 0 Å². The molecule has 1 amide bonds. The highest BCUT2D eigenvalue weighted by atomic mass is 32.2. The fourth-order valence-electron chi connectivity index (χ4n) is 3.42. The number of nitrogens with one attached hydrogen (secondary N) is 1. The zero-order valence-corrected chi connectivity index (χ0v) is 15.1. The van der Waals surface area contributed by atoms with E-state index in [-0.39, 0.29) is 11.5 Å². The van der Waals surface area contributed by atoms with Crippen LogP contribution in [-0.4, -0.2) is 50.8 Å². The lowest BCUT2D eigenvalue weighted by Gasteiger charge is -2.21. The summed E-state index contributed by atoms with van der Waals surface area (Å²) in [5.74, 6) is 3.45. The largest absolute Gasteiger partial charge is 0.345 e. The van der Waals surface area contributed by atoms with Crippen LogP contribution in [-0.2, 0) is 0 Å². The zero-order chi connectivity index (χ0) is 17.6. The van der Waals surface area contributed by atoms with Crippen molar-refractivity contribution < 1.29 is 4.79 Å². The molecule has 0 saturated carbocycles. The number of hydrogen-bond donors (Lipinski definition) is 1. The van der Waals surface area contributed by atoms with Crippen molar-refractivity contribution in [2.45, 2.75) is 18.8 Å². The molecule has 7 heteroatoms. The molecular weight excluding hydrogens is 336 g/mol. The van der Waals surface area contributed by atoms with Gasteiger partial charge < -0.3 is 9.88 Å². The second kappa shape index (κ2) is 6.22. The minimum absolute atomic E-state index is 0.0584. The smallest absolute Gasteiger partial charge is 0.274 e.